The normalized spacial score (nSPS) is 15.2. The summed E-state index contributed by atoms with van der Waals surface area (Å²) in [6.07, 6.45) is 2.62. The molecule has 1 N–H and O–H groups in total. The first-order valence-electron chi connectivity index (χ1n) is 9.88. The average Bonchev–Trinajstić information content (AvgIpc) is 3.23. The number of piperidine rings is 1. The Morgan fingerprint density at radius 3 is 2.65 bits per heavy atom. The van der Waals surface area contributed by atoms with Crippen molar-refractivity contribution in [3.05, 3.63) is 41.9 Å². The molecule has 0 bridgehead atoms. The van der Waals surface area contributed by atoms with Crippen molar-refractivity contribution in [3.8, 4) is 5.75 Å². The van der Waals surface area contributed by atoms with Gasteiger partial charge < -0.3 is 14.5 Å². The van der Waals surface area contributed by atoms with Crippen molar-refractivity contribution < 1.29 is 31.1 Å². The Kier molecular flexibility index (Phi) is 7.95. The lowest BCUT2D eigenvalue weighted by molar-refractivity contribution is 0.0994. The van der Waals surface area contributed by atoms with Gasteiger partial charge in [-0.3, -0.25) is 4.79 Å². The molecule has 1 saturated heterocycles. The summed E-state index contributed by atoms with van der Waals surface area (Å²) in [5.41, 5.74) is 0.185. The topological polar surface area (TPSA) is 88.9 Å². The van der Waals surface area contributed by atoms with Gasteiger partial charge in [0.05, 0.1) is 22.9 Å². The van der Waals surface area contributed by atoms with Crippen molar-refractivity contribution in [2.24, 2.45) is 0 Å². The minimum atomic E-state index is -3.70. The van der Waals surface area contributed by atoms with Crippen molar-refractivity contribution in [1.82, 2.24) is 4.31 Å². The van der Waals surface area contributed by atoms with Crippen LogP contribution in [0.3, 0.4) is 0 Å². The maximum Gasteiger partial charge on any atom is 0.291 e. The zero-order valence-electron chi connectivity index (χ0n) is 17.0. The molecular weight excluding hydrogens is 450 g/mol. The molecule has 31 heavy (non-hydrogen) atoms. The van der Waals surface area contributed by atoms with Gasteiger partial charge in [0.2, 0.25) is 10.0 Å². The molecule has 0 atom stereocenters. The van der Waals surface area contributed by atoms with Crippen LogP contribution in [0.4, 0.5) is 14.5 Å². The van der Waals surface area contributed by atoms with Gasteiger partial charge in [-0.2, -0.15) is 13.1 Å². The third-order valence-electron chi connectivity index (χ3n) is 4.69. The fourth-order valence-corrected chi connectivity index (χ4v) is 5.20. The van der Waals surface area contributed by atoms with Gasteiger partial charge in [0.15, 0.2) is 5.76 Å². The van der Waals surface area contributed by atoms with Crippen molar-refractivity contribution in [2.45, 2.75) is 42.6 Å². The standard InChI is InChI=1S/C20H24F2N2O5S2/c1-2-28-17-9-7-15(31(26,27)24-10-4-3-5-11-24)12-16(17)23-19(25)18-8-6-14(29-18)13-30-20(21)22/h6-9,12,20H,2-5,10-11,13H2,1H3,(H,23,25). The molecule has 1 aromatic heterocycles. The molecule has 2 heterocycles. The summed E-state index contributed by atoms with van der Waals surface area (Å²) in [6.45, 7) is 3.01. The zero-order chi connectivity index (χ0) is 22.4. The summed E-state index contributed by atoms with van der Waals surface area (Å²) in [5.74, 6) is -2.77. The molecule has 0 radical (unpaired) electrons. The SMILES string of the molecule is CCOc1ccc(S(=O)(=O)N2CCCCC2)cc1NC(=O)c1ccc(CSC(F)F)o1. The minimum Gasteiger partial charge on any atom is -0.492 e. The number of hydrogen-bond donors (Lipinski definition) is 1. The summed E-state index contributed by atoms with van der Waals surface area (Å²) in [4.78, 5) is 12.7. The van der Waals surface area contributed by atoms with E-state index in [0.717, 1.165) is 19.3 Å². The van der Waals surface area contributed by atoms with Gasteiger partial charge in [0, 0.05) is 13.1 Å². The average molecular weight is 475 g/mol. The number of nitrogens with zero attached hydrogens (tertiary/aromatic N) is 1. The molecule has 1 aliphatic heterocycles. The van der Waals surface area contributed by atoms with E-state index in [9.17, 15) is 22.0 Å². The lowest BCUT2D eigenvalue weighted by atomic mass is 10.2. The van der Waals surface area contributed by atoms with Crippen LogP contribution in [0.5, 0.6) is 5.75 Å². The number of nitrogens with one attached hydrogen (secondary N) is 1. The number of amides is 1. The van der Waals surface area contributed by atoms with Gasteiger partial charge in [0.1, 0.15) is 11.5 Å². The summed E-state index contributed by atoms with van der Waals surface area (Å²) in [7, 11) is -3.70. The number of hydrogen-bond acceptors (Lipinski definition) is 6. The smallest absolute Gasteiger partial charge is 0.291 e. The predicted octanol–water partition coefficient (Wildman–Crippen LogP) is 4.56. The summed E-state index contributed by atoms with van der Waals surface area (Å²) >= 11 is 0.390. The molecule has 0 aliphatic carbocycles. The van der Waals surface area contributed by atoms with Crippen LogP contribution in [0.1, 0.15) is 42.5 Å². The second kappa shape index (κ2) is 10.5. The van der Waals surface area contributed by atoms with Gasteiger partial charge in [-0.1, -0.05) is 18.2 Å². The van der Waals surface area contributed by atoms with Crippen LogP contribution < -0.4 is 10.1 Å². The van der Waals surface area contributed by atoms with Crippen molar-refractivity contribution in [2.75, 3.05) is 25.0 Å². The maximum absolute atomic E-state index is 13.0. The third-order valence-corrected chi connectivity index (χ3v) is 7.29. The minimum absolute atomic E-state index is 0.0571. The number of carbonyl (C=O) groups excluding carboxylic acids is 1. The van der Waals surface area contributed by atoms with Gasteiger partial charge in [-0.25, -0.2) is 8.42 Å². The Labute approximate surface area is 184 Å². The van der Waals surface area contributed by atoms with E-state index in [1.165, 1.54) is 34.6 Å². The number of alkyl halides is 2. The van der Waals surface area contributed by atoms with Crippen molar-refractivity contribution in [3.63, 3.8) is 0 Å². The van der Waals surface area contributed by atoms with Crippen LogP contribution >= 0.6 is 11.8 Å². The third kappa shape index (κ3) is 5.98. The van der Waals surface area contributed by atoms with Gasteiger partial charge in [0.25, 0.3) is 11.7 Å². The summed E-state index contributed by atoms with van der Waals surface area (Å²) in [5, 5.41) is 2.61. The van der Waals surface area contributed by atoms with Gasteiger partial charge in [-0.15, -0.1) is 0 Å². The number of anilines is 1. The summed E-state index contributed by atoms with van der Waals surface area (Å²) < 4.78 is 62.9. The number of sulfonamides is 1. The molecule has 7 nitrogen and oxygen atoms in total. The van der Waals surface area contributed by atoms with E-state index in [1.807, 2.05) is 0 Å². The molecule has 3 rings (SSSR count). The summed E-state index contributed by atoms with van der Waals surface area (Å²) in [6, 6.07) is 7.15. The first kappa shape index (κ1) is 23.6. The van der Waals surface area contributed by atoms with Crippen molar-refractivity contribution in [1.29, 1.82) is 0 Å². The molecule has 0 unspecified atom stereocenters. The first-order valence-corrected chi connectivity index (χ1v) is 12.4. The number of thioether (sulfide) groups is 1. The second-order valence-corrected chi connectivity index (χ2v) is 9.76. The lowest BCUT2D eigenvalue weighted by Crippen LogP contribution is -2.35. The van der Waals surface area contributed by atoms with Crippen LogP contribution in [0.15, 0.2) is 39.6 Å². The number of ether oxygens (including phenoxy) is 1. The highest BCUT2D eigenvalue weighted by Crippen LogP contribution is 2.31. The van der Waals surface area contributed by atoms with Crippen LogP contribution in [-0.2, 0) is 15.8 Å². The number of rotatable bonds is 9. The molecule has 1 fully saturated rings. The molecule has 2 aromatic rings. The largest absolute Gasteiger partial charge is 0.492 e. The van der Waals surface area contributed by atoms with E-state index in [1.54, 1.807) is 6.92 Å². The zero-order valence-corrected chi connectivity index (χ0v) is 18.6. The number of furan rings is 1. The molecular formula is C20H24F2N2O5S2. The second-order valence-electron chi connectivity index (χ2n) is 6.85. The highest BCUT2D eigenvalue weighted by Gasteiger charge is 2.27. The van der Waals surface area contributed by atoms with E-state index in [2.05, 4.69) is 5.32 Å². The molecule has 1 aliphatic rings. The first-order chi connectivity index (χ1) is 14.8. The fourth-order valence-electron chi connectivity index (χ4n) is 3.21. The molecule has 170 valence electrons. The van der Waals surface area contributed by atoms with E-state index >= 15 is 0 Å². The molecule has 1 aromatic carbocycles. The number of benzene rings is 1. The van der Waals surface area contributed by atoms with E-state index < -0.39 is 21.7 Å². The fraction of sp³-hybridized carbons (Fsp3) is 0.450. The van der Waals surface area contributed by atoms with Crippen LogP contribution in [0.25, 0.3) is 0 Å². The highest BCUT2D eigenvalue weighted by atomic mass is 32.2. The lowest BCUT2D eigenvalue weighted by Gasteiger charge is -2.26. The Hall–Kier alpha value is -2.11. The van der Waals surface area contributed by atoms with E-state index in [-0.39, 0.29) is 27.9 Å². The molecule has 11 heteroatoms. The van der Waals surface area contributed by atoms with E-state index in [4.69, 9.17) is 9.15 Å². The van der Waals surface area contributed by atoms with Gasteiger partial charge >= 0.3 is 0 Å². The van der Waals surface area contributed by atoms with Crippen molar-refractivity contribution >= 4 is 33.4 Å². The monoisotopic (exact) mass is 474 g/mol. The number of carbonyl (C=O) groups is 1. The van der Waals surface area contributed by atoms with E-state index in [0.29, 0.717) is 37.2 Å². The Bertz CT molecular complexity index is 1000. The Morgan fingerprint density at radius 2 is 1.97 bits per heavy atom. The van der Waals surface area contributed by atoms with Gasteiger partial charge in [-0.05, 0) is 50.1 Å². The maximum atomic E-state index is 13.0. The Morgan fingerprint density at radius 1 is 1.23 bits per heavy atom. The van der Waals surface area contributed by atoms with Crippen LogP contribution in [-0.4, -0.2) is 44.1 Å². The molecule has 0 spiro atoms. The molecule has 0 saturated carbocycles. The molecule has 1 amide bonds. The predicted molar refractivity (Wildman–Crippen MR) is 114 cm³/mol. The highest BCUT2D eigenvalue weighted by molar-refractivity contribution is 7.98. The number of halogens is 2. The van der Waals surface area contributed by atoms with Crippen LogP contribution in [0, 0.1) is 0 Å². The Balaban J connectivity index is 1.82. The quantitative estimate of drug-likeness (QED) is 0.573. The van der Waals surface area contributed by atoms with Crippen LogP contribution in [0.2, 0.25) is 0 Å².